The van der Waals surface area contributed by atoms with Crippen LogP contribution in [-0.2, 0) is 21.5 Å². The smallest absolute Gasteiger partial charge is 0.370 e. The number of thiophene rings is 1. The van der Waals surface area contributed by atoms with E-state index in [1.807, 2.05) is 46.7 Å². The number of halogens is 2. The molecule has 3 aromatic rings. The molecule has 1 atom stereocenters. The second-order valence-corrected chi connectivity index (χ2v) is 14.2. The Bertz CT molecular complexity index is 1400. The molecule has 0 radical (unpaired) electrons. The van der Waals surface area contributed by atoms with Gasteiger partial charge >= 0.3 is 5.97 Å². The molecular formula is C22H23Br2N2O6S3+. The third-order valence-corrected chi connectivity index (χ3v) is 9.72. The average Bonchev–Trinajstić information content (AvgIpc) is 3.38. The molecule has 1 unspecified atom stereocenters. The van der Waals surface area contributed by atoms with Gasteiger partial charge in [0, 0.05) is 29.6 Å². The molecule has 0 saturated heterocycles. The molecule has 0 saturated carbocycles. The molecule has 2 aromatic heterocycles. The van der Waals surface area contributed by atoms with Crippen molar-refractivity contribution in [2.45, 2.75) is 39.0 Å². The lowest BCUT2D eigenvalue weighted by Crippen LogP contribution is -2.39. The number of ether oxygens (including phenoxy) is 1. The molecule has 0 aliphatic carbocycles. The van der Waals surface area contributed by atoms with Gasteiger partial charge in [-0.3, -0.25) is 4.55 Å². The summed E-state index contributed by atoms with van der Waals surface area (Å²) in [7, 11) is -4.05. The van der Waals surface area contributed by atoms with E-state index >= 15 is 0 Å². The molecule has 1 aliphatic heterocycles. The SMILES string of the molecule is CC/C(=C/c1sc2sc(Br)cc2[n+]1CC(=O)O)CC1Oc2ccc(Br)cc2N1CCCS(=O)(=O)O. The number of aliphatic carboxylic acids is 1. The quantitative estimate of drug-likeness (QED) is 0.216. The van der Waals surface area contributed by atoms with Gasteiger partial charge in [-0.15, -0.1) is 11.3 Å². The van der Waals surface area contributed by atoms with Crippen molar-refractivity contribution in [3.05, 3.63) is 43.1 Å². The highest BCUT2D eigenvalue weighted by Crippen LogP contribution is 2.41. The third-order valence-electron chi connectivity index (χ3n) is 5.56. The molecule has 8 nitrogen and oxygen atoms in total. The molecule has 0 bridgehead atoms. The van der Waals surface area contributed by atoms with Crippen molar-refractivity contribution in [1.82, 2.24) is 0 Å². The van der Waals surface area contributed by atoms with E-state index in [2.05, 4.69) is 31.9 Å². The summed E-state index contributed by atoms with van der Waals surface area (Å²) < 4.78 is 42.5. The van der Waals surface area contributed by atoms with Crippen molar-refractivity contribution >= 4 is 91.9 Å². The number of carboxylic acid groups (broad SMARTS) is 1. The molecule has 13 heteroatoms. The summed E-state index contributed by atoms with van der Waals surface area (Å²) >= 11 is 10.1. The summed E-state index contributed by atoms with van der Waals surface area (Å²) in [5, 5.41) is 10.3. The Labute approximate surface area is 227 Å². The molecule has 0 amide bonds. The topological polar surface area (TPSA) is 108 Å². The highest BCUT2D eigenvalue weighted by molar-refractivity contribution is 9.11. The average molecular weight is 667 g/mol. The minimum absolute atomic E-state index is 0.132. The summed E-state index contributed by atoms with van der Waals surface area (Å²) in [6.45, 7) is 2.31. The van der Waals surface area contributed by atoms with Crippen LogP contribution in [0.1, 0.15) is 31.2 Å². The highest BCUT2D eigenvalue weighted by atomic mass is 79.9. The van der Waals surface area contributed by atoms with Crippen LogP contribution >= 0.6 is 54.5 Å². The van der Waals surface area contributed by atoms with Gasteiger partial charge in [0.05, 0.1) is 15.2 Å². The van der Waals surface area contributed by atoms with Crippen LogP contribution in [0.15, 0.2) is 38.1 Å². The Morgan fingerprint density at radius 2 is 2.06 bits per heavy atom. The Hall–Kier alpha value is -1.51. The van der Waals surface area contributed by atoms with Crippen LogP contribution in [0, 0.1) is 0 Å². The van der Waals surface area contributed by atoms with Crippen LogP contribution in [0.3, 0.4) is 0 Å². The van der Waals surface area contributed by atoms with Crippen molar-refractivity contribution < 1.29 is 32.2 Å². The summed E-state index contributed by atoms with van der Waals surface area (Å²) in [5.41, 5.74) is 2.82. The van der Waals surface area contributed by atoms with E-state index in [9.17, 15) is 18.3 Å². The first-order valence-electron chi connectivity index (χ1n) is 10.7. The van der Waals surface area contributed by atoms with Crippen LogP contribution in [0.25, 0.3) is 15.6 Å². The maximum atomic E-state index is 11.5. The first-order valence-corrected chi connectivity index (χ1v) is 15.6. The van der Waals surface area contributed by atoms with Crippen LogP contribution in [0.4, 0.5) is 5.69 Å². The summed E-state index contributed by atoms with van der Waals surface area (Å²) in [6, 6.07) is 7.63. The third kappa shape index (κ3) is 6.44. The number of carbonyl (C=O) groups is 1. The Morgan fingerprint density at radius 3 is 2.74 bits per heavy atom. The van der Waals surface area contributed by atoms with Crippen LogP contribution in [0.2, 0.25) is 0 Å². The lowest BCUT2D eigenvalue weighted by atomic mass is 10.1. The fourth-order valence-electron chi connectivity index (χ4n) is 3.99. The summed E-state index contributed by atoms with van der Waals surface area (Å²) in [4.78, 5) is 13.6. The van der Waals surface area contributed by atoms with E-state index < -0.39 is 16.1 Å². The Kier molecular flexibility index (Phi) is 8.23. The lowest BCUT2D eigenvalue weighted by molar-refractivity contribution is -0.657. The summed E-state index contributed by atoms with van der Waals surface area (Å²) in [6.07, 6.45) is 3.23. The maximum Gasteiger partial charge on any atom is 0.370 e. The van der Waals surface area contributed by atoms with Gasteiger partial charge in [0.25, 0.3) is 15.1 Å². The zero-order valence-corrected chi connectivity index (χ0v) is 24.2. The van der Waals surface area contributed by atoms with Crippen molar-refractivity contribution in [2.24, 2.45) is 0 Å². The normalized spacial score (nSPS) is 16.1. The van der Waals surface area contributed by atoms with Crippen molar-refractivity contribution in [3.8, 4) is 5.75 Å². The number of thiazole rings is 1. The van der Waals surface area contributed by atoms with Crippen LogP contribution in [-0.4, -0.2) is 42.6 Å². The largest absolute Gasteiger partial charge is 0.477 e. The van der Waals surface area contributed by atoms with Gasteiger partial charge in [-0.05, 0) is 47.0 Å². The van der Waals surface area contributed by atoms with Gasteiger partial charge in [0.15, 0.2) is 10.2 Å². The number of hydrogen-bond acceptors (Lipinski definition) is 7. The van der Waals surface area contributed by atoms with E-state index in [0.717, 1.165) is 40.5 Å². The van der Waals surface area contributed by atoms with Gasteiger partial charge in [-0.25, -0.2) is 4.79 Å². The number of rotatable bonds is 10. The molecule has 35 heavy (non-hydrogen) atoms. The molecule has 0 spiro atoms. The van der Waals surface area contributed by atoms with Crippen LogP contribution < -0.4 is 14.2 Å². The van der Waals surface area contributed by atoms with Gasteiger partial charge in [0.2, 0.25) is 12.1 Å². The Balaban J connectivity index is 1.62. The second kappa shape index (κ2) is 10.9. The predicted molar refractivity (Wildman–Crippen MR) is 145 cm³/mol. The predicted octanol–water partition coefficient (Wildman–Crippen LogP) is 5.55. The molecule has 4 rings (SSSR count). The number of anilines is 1. The molecule has 3 heterocycles. The number of benzene rings is 1. The number of aromatic nitrogens is 1. The van der Waals surface area contributed by atoms with Gasteiger partial charge < -0.3 is 14.7 Å². The Morgan fingerprint density at radius 1 is 1.29 bits per heavy atom. The zero-order valence-electron chi connectivity index (χ0n) is 18.6. The van der Waals surface area contributed by atoms with Gasteiger partial charge in [0.1, 0.15) is 5.75 Å². The van der Waals surface area contributed by atoms with Gasteiger partial charge in [-0.2, -0.15) is 13.0 Å². The molecule has 1 aliphatic rings. The number of carboxylic acids is 1. The molecule has 2 N–H and O–H groups in total. The number of nitrogens with zero attached hydrogens (tertiary/aromatic N) is 2. The fourth-order valence-corrected chi connectivity index (χ4v) is 8.13. The molecule has 0 fully saturated rings. The number of fused-ring (bicyclic) bond motifs is 2. The highest BCUT2D eigenvalue weighted by Gasteiger charge is 2.32. The molecule has 188 valence electrons. The molecular weight excluding hydrogens is 644 g/mol. The van der Waals surface area contributed by atoms with Crippen molar-refractivity contribution in [3.63, 3.8) is 0 Å². The lowest BCUT2D eigenvalue weighted by Gasteiger charge is -2.26. The maximum absolute atomic E-state index is 11.5. The summed E-state index contributed by atoms with van der Waals surface area (Å²) in [5.74, 6) is -0.523. The van der Waals surface area contributed by atoms with Crippen molar-refractivity contribution in [2.75, 3.05) is 17.2 Å². The molecule has 1 aromatic carbocycles. The van der Waals surface area contributed by atoms with Crippen molar-refractivity contribution in [1.29, 1.82) is 0 Å². The standard InChI is InChI=1S/C22H22Br2N2O6S3/c1-2-13(9-20-26(12-21(27)28)16-11-18(24)33-22(16)34-20)8-19-25(6-3-7-35(29,30)31)15-10-14(23)4-5-17(15)32-19/h4-5,9-11,19H,2-3,6-8,12H2,1H3,(H-,27,28,29,30,31)/p+1/b13-9-. The minimum Gasteiger partial charge on any atom is -0.477 e. The van der Waals surface area contributed by atoms with E-state index in [-0.39, 0.29) is 24.9 Å². The fraction of sp³-hybridized carbons (Fsp3) is 0.364. The van der Waals surface area contributed by atoms with E-state index in [1.54, 1.807) is 22.7 Å². The zero-order chi connectivity index (χ0) is 25.3. The minimum atomic E-state index is -4.05. The van der Waals surface area contributed by atoms with Crippen LogP contribution in [0.5, 0.6) is 5.75 Å². The number of hydrogen-bond donors (Lipinski definition) is 2. The van der Waals surface area contributed by atoms with E-state index in [4.69, 9.17) is 9.29 Å². The van der Waals surface area contributed by atoms with E-state index in [0.29, 0.717) is 18.7 Å². The monoisotopic (exact) mass is 665 g/mol. The second-order valence-electron chi connectivity index (χ2n) is 8.02. The first-order chi connectivity index (χ1) is 16.5. The van der Waals surface area contributed by atoms with E-state index in [1.165, 1.54) is 0 Å². The van der Waals surface area contributed by atoms with Gasteiger partial charge in [-0.1, -0.05) is 39.8 Å². The first kappa shape index (κ1) is 26.6.